The predicted molar refractivity (Wildman–Crippen MR) is 94.3 cm³/mol. The Morgan fingerprint density at radius 1 is 0.520 bits per heavy atom. The van der Waals surface area contributed by atoms with Gasteiger partial charge in [0, 0.05) is 0 Å². The summed E-state index contributed by atoms with van der Waals surface area (Å²) >= 11 is 0. The van der Waals surface area contributed by atoms with E-state index in [4.69, 9.17) is 14.2 Å². The van der Waals surface area contributed by atoms with E-state index in [1.807, 2.05) is 41.5 Å². The van der Waals surface area contributed by atoms with Crippen LogP contribution in [0.2, 0.25) is 0 Å². The maximum Gasteiger partial charge on any atom is 0.412 e. The molecule has 0 N–H and O–H groups in total. The molecule has 6 heteroatoms. The van der Waals surface area contributed by atoms with Crippen LogP contribution in [0.3, 0.4) is 0 Å². The molecule has 0 aromatic carbocycles. The van der Waals surface area contributed by atoms with E-state index in [1.165, 1.54) is 0 Å². The van der Waals surface area contributed by atoms with Crippen LogP contribution in [-0.4, -0.2) is 24.4 Å². The molecule has 0 saturated heterocycles. The Morgan fingerprint density at radius 2 is 0.720 bits per heavy atom. The molecule has 0 amide bonds. The minimum absolute atomic E-state index is 0.318. The lowest BCUT2D eigenvalue weighted by Crippen LogP contribution is -2.35. The van der Waals surface area contributed by atoms with Gasteiger partial charge in [0.25, 0.3) is 0 Å². The minimum Gasteiger partial charge on any atom is -0.390 e. The van der Waals surface area contributed by atoms with Crippen LogP contribution in [0.15, 0.2) is 0 Å². The van der Waals surface area contributed by atoms with Crippen molar-refractivity contribution in [3.05, 3.63) is 0 Å². The average molecular weight is 358 g/mol. The number of carbonyl (C=O) groups excluding carboxylic acids is 3. The molecule has 6 nitrogen and oxygen atoms in total. The molecule has 0 aliphatic carbocycles. The fourth-order valence-corrected chi connectivity index (χ4v) is 2.51. The maximum absolute atomic E-state index is 12.2. The Bertz CT molecular complexity index is 346. The van der Waals surface area contributed by atoms with Crippen LogP contribution < -0.4 is 0 Å². The summed E-state index contributed by atoms with van der Waals surface area (Å²) in [6.45, 7) is 9.61. The molecule has 0 saturated carbocycles. The second-order valence-electron chi connectivity index (χ2n) is 6.14. The molecule has 0 spiro atoms. The topological polar surface area (TPSA) is 78.9 Å². The molecule has 25 heavy (non-hydrogen) atoms. The molecule has 0 bridgehead atoms. The van der Waals surface area contributed by atoms with Gasteiger partial charge in [0.05, 0.1) is 17.8 Å². The Kier molecular flexibility index (Phi) is 11.9. The van der Waals surface area contributed by atoms with E-state index in [-0.39, 0.29) is 17.8 Å². The van der Waals surface area contributed by atoms with Crippen LogP contribution in [0.5, 0.6) is 0 Å². The molecule has 146 valence electrons. The molecule has 0 heterocycles. The standard InChI is InChI=1S/C19H34O6/c1-7-13(8-2)16(20)23-19(24-17(21)14(9-3)10-4)25-18(22)15(11-5)12-6/h13-15,19H,7-12H2,1-6H3. The molecule has 0 aliphatic heterocycles. The Hall–Kier alpha value is -1.59. The third kappa shape index (κ3) is 7.88. The highest BCUT2D eigenvalue weighted by Crippen LogP contribution is 2.18. The number of esters is 3. The van der Waals surface area contributed by atoms with Crippen LogP contribution in [0.25, 0.3) is 0 Å². The van der Waals surface area contributed by atoms with Crippen molar-refractivity contribution in [2.75, 3.05) is 0 Å². The molecular formula is C19H34O6. The lowest BCUT2D eigenvalue weighted by Gasteiger charge is -2.23. The van der Waals surface area contributed by atoms with E-state index in [0.717, 1.165) is 0 Å². The van der Waals surface area contributed by atoms with Gasteiger partial charge in [-0.05, 0) is 38.5 Å². The first-order valence-corrected chi connectivity index (χ1v) is 9.49. The van der Waals surface area contributed by atoms with Crippen molar-refractivity contribution in [1.29, 1.82) is 0 Å². The summed E-state index contributed by atoms with van der Waals surface area (Å²) < 4.78 is 15.6. The van der Waals surface area contributed by atoms with E-state index in [0.29, 0.717) is 38.5 Å². The van der Waals surface area contributed by atoms with Crippen molar-refractivity contribution in [3.8, 4) is 0 Å². The number of hydrogen-bond donors (Lipinski definition) is 0. The highest BCUT2D eigenvalue weighted by Gasteiger charge is 2.30. The molecule has 0 fully saturated rings. The summed E-state index contributed by atoms with van der Waals surface area (Å²) in [6.07, 6.45) is 3.60. The van der Waals surface area contributed by atoms with Crippen molar-refractivity contribution in [1.82, 2.24) is 0 Å². The molecule has 0 aromatic heterocycles. The summed E-state index contributed by atoms with van der Waals surface area (Å²) in [5, 5.41) is 0. The van der Waals surface area contributed by atoms with Gasteiger partial charge in [-0.1, -0.05) is 41.5 Å². The van der Waals surface area contributed by atoms with Gasteiger partial charge in [0.15, 0.2) is 0 Å². The maximum atomic E-state index is 12.2. The molecule has 0 unspecified atom stereocenters. The van der Waals surface area contributed by atoms with Gasteiger partial charge < -0.3 is 14.2 Å². The van der Waals surface area contributed by atoms with Gasteiger partial charge in [-0.3, -0.25) is 14.4 Å². The number of carbonyl (C=O) groups is 3. The van der Waals surface area contributed by atoms with Crippen molar-refractivity contribution in [2.24, 2.45) is 17.8 Å². The van der Waals surface area contributed by atoms with Gasteiger partial charge in [0.2, 0.25) is 0 Å². The Labute approximate surface area is 151 Å². The smallest absolute Gasteiger partial charge is 0.390 e. The summed E-state index contributed by atoms with van der Waals surface area (Å²) in [7, 11) is 0. The fourth-order valence-electron chi connectivity index (χ4n) is 2.51. The first-order valence-electron chi connectivity index (χ1n) is 9.49. The van der Waals surface area contributed by atoms with Crippen molar-refractivity contribution in [2.45, 2.75) is 86.5 Å². The van der Waals surface area contributed by atoms with Crippen molar-refractivity contribution in [3.63, 3.8) is 0 Å². The lowest BCUT2D eigenvalue weighted by atomic mass is 10.0. The Balaban J connectivity index is 5.12. The highest BCUT2D eigenvalue weighted by atomic mass is 16.9. The van der Waals surface area contributed by atoms with Crippen LogP contribution >= 0.6 is 0 Å². The quantitative estimate of drug-likeness (QED) is 0.384. The number of hydrogen-bond acceptors (Lipinski definition) is 6. The van der Waals surface area contributed by atoms with Crippen molar-refractivity contribution < 1.29 is 28.6 Å². The highest BCUT2D eigenvalue weighted by molar-refractivity contribution is 5.76. The summed E-state index contributed by atoms with van der Waals surface area (Å²) in [5.41, 5.74) is 0. The van der Waals surface area contributed by atoms with Crippen molar-refractivity contribution >= 4 is 17.9 Å². The summed E-state index contributed by atoms with van der Waals surface area (Å²) in [6, 6.07) is 0. The minimum atomic E-state index is -1.62. The lowest BCUT2D eigenvalue weighted by molar-refractivity contribution is -0.263. The van der Waals surface area contributed by atoms with E-state index in [9.17, 15) is 14.4 Å². The molecule has 0 radical (unpaired) electrons. The Morgan fingerprint density at radius 3 is 0.880 bits per heavy atom. The van der Waals surface area contributed by atoms with Gasteiger partial charge >= 0.3 is 24.4 Å². The first-order chi connectivity index (χ1) is 11.9. The summed E-state index contributed by atoms with van der Waals surface area (Å²) in [4.78, 5) is 36.6. The molecule has 0 aliphatic rings. The zero-order chi connectivity index (χ0) is 19.4. The molecule has 0 rings (SSSR count). The largest absolute Gasteiger partial charge is 0.412 e. The van der Waals surface area contributed by atoms with Crippen LogP contribution in [0.1, 0.15) is 80.1 Å². The van der Waals surface area contributed by atoms with Crippen LogP contribution in [0.4, 0.5) is 0 Å². The predicted octanol–water partition coefficient (Wildman–Crippen LogP) is 4.21. The monoisotopic (exact) mass is 358 g/mol. The van der Waals surface area contributed by atoms with Gasteiger partial charge in [-0.15, -0.1) is 0 Å². The number of ether oxygens (including phenoxy) is 3. The van der Waals surface area contributed by atoms with Gasteiger partial charge in [-0.25, -0.2) is 0 Å². The SMILES string of the molecule is CCC(CC)C(=O)OC(OC(=O)C(CC)CC)OC(=O)C(CC)CC. The van der Waals surface area contributed by atoms with Gasteiger partial charge in [-0.2, -0.15) is 0 Å². The fraction of sp³-hybridized carbons (Fsp3) is 0.842. The third-order valence-electron chi connectivity index (χ3n) is 4.59. The van der Waals surface area contributed by atoms with E-state index >= 15 is 0 Å². The second kappa shape index (κ2) is 12.7. The van der Waals surface area contributed by atoms with E-state index in [2.05, 4.69) is 0 Å². The zero-order valence-electron chi connectivity index (χ0n) is 16.5. The van der Waals surface area contributed by atoms with Gasteiger partial charge in [0.1, 0.15) is 0 Å². The summed E-state index contributed by atoms with van der Waals surface area (Å²) in [5.74, 6) is -2.53. The van der Waals surface area contributed by atoms with Crippen LogP contribution in [-0.2, 0) is 28.6 Å². The molecular weight excluding hydrogens is 324 g/mol. The second-order valence-corrected chi connectivity index (χ2v) is 6.14. The number of rotatable bonds is 12. The van der Waals surface area contributed by atoms with E-state index < -0.39 is 24.4 Å². The zero-order valence-corrected chi connectivity index (χ0v) is 16.5. The van der Waals surface area contributed by atoms with Crippen LogP contribution in [0, 0.1) is 17.8 Å². The third-order valence-corrected chi connectivity index (χ3v) is 4.59. The first kappa shape index (κ1) is 23.4. The molecule has 0 atom stereocenters. The molecule has 0 aromatic rings. The normalized spacial score (nSPS) is 11.3. The average Bonchev–Trinajstić information content (AvgIpc) is 2.57. The van der Waals surface area contributed by atoms with E-state index in [1.54, 1.807) is 0 Å².